The number of carbonyl (C=O) groups is 1. The van der Waals surface area contributed by atoms with Crippen LogP contribution >= 0.6 is 0 Å². The van der Waals surface area contributed by atoms with Crippen LogP contribution in [0.1, 0.15) is 37.7 Å². The molecule has 24 heavy (non-hydrogen) atoms. The summed E-state index contributed by atoms with van der Waals surface area (Å²) in [6.45, 7) is 1.07. The summed E-state index contributed by atoms with van der Waals surface area (Å²) in [5.41, 5.74) is 1.42. The van der Waals surface area contributed by atoms with Crippen molar-refractivity contribution >= 4 is 5.78 Å². The molecule has 1 saturated heterocycles. The molecule has 4 heteroatoms. The van der Waals surface area contributed by atoms with Crippen molar-refractivity contribution in [2.75, 3.05) is 27.8 Å². The first kappa shape index (κ1) is 15.9. The van der Waals surface area contributed by atoms with E-state index in [1.807, 2.05) is 6.07 Å². The first-order valence-electron chi connectivity index (χ1n) is 9.07. The van der Waals surface area contributed by atoms with Gasteiger partial charge in [0.05, 0.1) is 14.2 Å². The minimum atomic E-state index is 0.0867. The summed E-state index contributed by atoms with van der Waals surface area (Å²) in [4.78, 5) is 15.1. The zero-order chi connectivity index (χ0) is 16.9. The second-order valence-corrected chi connectivity index (χ2v) is 7.69. The van der Waals surface area contributed by atoms with E-state index in [4.69, 9.17) is 9.47 Å². The van der Waals surface area contributed by atoms with E-state index >= 15 is 0 Å². The van der Waals surface area contributed by atoms with Crippen molar-refractivity contribution in [2.45, 2.75) is 43.6 Å². The van der Waals surface area contributed by atoms with Crippen LogP contribution in [-0.2, 0) is 10.2 Å². The molecule has 0 aromatic heterocycles. The fourth-order valence-corrected chi connectivity index (χ4v) is 5.85. The summed E-state index contributed by atoms with van der Waals surface area (Å²) in [5, 5.41) is 0. The van der Waals surface area contributed by atoms with Gasteiger partial charge in [0, 0.05) is 23.8 Å². The van der Waals surface area contributed by atoms with Gasteiger partial charge >= 0.3 is 0 Å². The van der Waals surface area contributed by atoms with E-state index in [0.717, 1.165) is 37.3 Å². The van der Waals surface area contributed by atoms with Crippen LogP contribution in [0.5, 0.6) is 11.5 Å². The number of rotatable bonds is 3. The zero-order valence-corrected chi connectivity index (χ0v) is 14.9. The molecule has 1 aliphatic heterocycles. The summed E-state index contributed by atoms with van der Waals surface area (Å²) in [6.07, 6.45) is 5.29. The standard InChI is InChI=1S/C20H27NO3/c1-21-10-9-20(14-7-8-17(23-2)18(12-14)24-3)13-5-4-6-15(19(20)21)16(22)11-13/h7-8,12-13,15,19H,4-6,9-11H2,1-3H3/t13-,15+,19+,20-/m1/s1. The third-order valence-electron chi connectivity index (χ3n) is 6.84. The van der Waals surface area contributed by atoms with E-state index < -0.39 is 0 Å². The van der Waals surface area contributed by atoms with Gasteiger partial charge in [0.25, 0.3) is 0 Å². The molecule has 3 saturated carbocycles. The minimum absolute atomic E-state index is 0.0867. The molecule has 4 aliphatic rings. The van der Waals surface area contributed by atoms with E-state index in [1.165, 1.54) is 18.4 Å². The molecule has 0 amide bonds. The molecule has 4 fully saturated rings. The van der Waals surface area contributed by atoms with Gasteiger partial charge < -0.3 is 14.4 Å². The summed E-state index contributed by atoms with van der Waals surface area (Å²) in [5.74, 6) is 2.72. The van der Waals surface area contributed by atoms with Crippen LogP contribution in [0, 0.1) is 11.8 Å². The van der Waals surface area contributed by atoms with E-state index in [0.29, 0.717) is 17.7 Å². The average molecular weight is 329 g/mol. The van der Waals surface area contributed by atoms with E-state index in [-0.39, 0.29) is 11.3 Å². The number of nitrogens with zero attached hydrogens (tertiary/aromatic N) is 1. The van der Waals surface area contributed by atoms with Crippen molar-refractivity contribution in [3.8, 4) is 11.5 Å². The Balaban J connectivity index is 1.86. The van der Waals surface area contributed by atoms with Crippen LogP contribution in [-0.4, -0.2) is 44.5 Å². The van der Waals surface area contributed by atoms with Gasteiger partial charge in [-0.3, -0.25) is 4.79 Å². The molecule has 0 radical (unpaired) electrons. The molecular formula is C20H27NO3. The van der Waals surface area contributed by atoms with Gasteiger partial charge in [0.1, 0.15) is 5.78 Å². The van der Waals surface area contributed by atoms with Gasteiger partial charge in [0.15, 0.2) is 11.5 Å². The van der Waals surface area contributed by atoms with Gasteiger partial charge in [-0.2, -0.15) is 0 Å². The Labute approximate surface area is 144 Å². The van der Waals surface area contributed by atoms with Gasteiger partial charge in [-0.15, -0.1) is 0 Å². The smallest absolute Gasteiger partial charge is 0.161 e. The van der Waals surface area contributed by atoms with Crippen LogP contribution in [0.3, 0.4) is 0 Å². The maximum absolute atomic E-state index is 12.7. The molecule has 1 heterocycles. The summed E-state index contributed by atoms with van der Waals surface area (Å²) >= 11 is 0. The molecular weight excluding hydrogens is 302 g/mol. The molecule has 4 atom stereocenters. The van der Waals surface area contributed by atoms with Crippen LogP contribution in [0.25, 0.3) is 0 Å². The second-order valence-electron chi connectivity index (χ2n) is 7.69. The highest BCUT2D eigenvalue weighted by Crippen LogP contribution is 2.57. The number of hydrogen-bond donors (Lipinski definition) is 0. The van der Waals surface area contributed by atoms with Crippen molar-refractivity contribution in [3.63, 3.8) is 0 Å². The fourth-order valence-electron chi connectivity index (χ4n) is 5.85. The Kier molecular flexibility index (Phi) is 3.83. The summed E-state index contributed by atoms with van der Waals surface area (Å²) in [7, 11) is 5.57. The summed E-state index contributed by atoms with van der Waals surface area (Å²) < 4.78 is 11.0. The number of likely N-dealkylation sites (tertiary alicyclic amines) is 1. The maximum Gasteiger partial charge on any atom is 0.161 e. The van der Waals surface area contributed by atoms with Gasteiger partial charge in [-0.1, -0.05) is 12.5 Å². The first-order valence-corrected chi connectivity index (χ1v) is 9.07. The molecule has 1 aromatic rings. The largest absolute Gasteiger partial charge is 0.493 e. The number of benzene rings is 1. The SMILES string of the molecule is COc1ccc([C@]23CCN(C)[C@H]2[C@H]2CCC[C@@H]3CC2=O)cc1OC. The lowest BCUT2D eigenvalue weighted by atomic mass is 9.57. The second kappa shape index (κ2) is 5.76. The summed E-state index contributed by atoms with van der Waals surface area (Å²) in [6, 6.07) is 6.73. The van der Waals surface area contributed by atoms with Gasteiger partial charge in [-0.05, 0) is 56.5 Å². The third kappa shape index (κ3) is 2.05. The third-order valence-corrected chi connectivity index (χ3v) is 6.84. The monoisotopic (exact) mass is 329 g/mol. The lowest BCUT2D eigenvalue weighted by Gasteiger charge is -2.48. The normalized spacial score (nSPS) is 35.6. The number of carbonyl (C=O) groups excluding carboxylic acids is 1. The van der Waals surface area contributed by atoms with Crippen molar-refractivity contribution in [2.24, 2.45) is 11.8 Å². The maximum atomic E-state index is 12.7. The number of ether oxygens (including phenoxy) is 2. The van der Waals surface area contributed by atoms with Crippen molar-refractivity contribution in [1.29, 1.82) is 0 Å². The van der Waals surface area contributed by atoms with Crippen LogP contribution in [0.2, 0.25) is 0 Å². The first-order chi connectivity index (χ1) is 11.6. The average Bonchev–Trinajstić information content (AvgIpc) is 2.75. The van der Waals surface area contributed by atoms with E-state index in [9.17, 15) is 4.79 Å². The predicted molar refractivity (Wildman–Crippen MR) is 92.7 cm³/mol. The van der Waals surface area contributed by atoms with Crippen LogP contribution in [0.4, 0.5) is 0 Å². The predicted octanol–water partition coefficient (Wildman–Crippen LogP) is 3.03. The van der Waals surface area contributed by atoms with E-state index in [1.54, 1.807) is 14.2 Å². The minimum Gasteiger partial charge on any atom is -0.493 e. The van der Waals surface area contributed by atoms with Crippen molar-refractivity contribution in [3.05, 3.63) is 23.8 Å². The number of methoxy groups -OCH3 is 2. The zero-order valence-electron chi connectivity index (χ0n) is 14.9. The Hall–Kier alpha value is -1.55. The highest BCUT2D eigenvalue weighted by Gasteiger charge is 2.60. The highest BCUT2D eigenvalue weighted by atomic mass is 16.5. The van der Waals surface area contributed by atoms with Crippen molar-refractivity contribution < 1.29 is 14.3 Å². The van der Waals surface area contributed by atoms with Crippen LogP contribution < -0.4 is 9.47 Å². The number of hydrogen-bond acceptors (Lipinski definition) is 4. The Bertz CT molecular complexity index is 658. The fraction of sp³-hybridized carbons (Fsp3) is 0.650. The Morgan fingerprint density at radius 1 is 1.17 bits per heavy atom. The number of fused-ring (bicyclic) bond motifs is 3. The highest BCUT2D eigenvalue weighted by molar-refractivity contribution is 5.84. The quantitative estimate of drug-likeness (QED) is 0.854. The molecule has 0 N–H and O–H groups in total. The number of ketones is 1. The van der Waals surface area contributed by atoms with Crippen LogP contribution in [0.15, 0.2) is 18.2 Å². The molecule has 0 spiro atoms. The topological polar surface area (TPSA) is 38.8 Å². The van der Waals surface area contributed by atoms with Crippen molar-refractivity contribution in [1.82, 2.24) is 4.90 Å². The van der Waals surface area contributed by atoms with Gasteiger partial charge in [0.2, 0.25) is 0 Å². The molecule has 1 aromatic carbocycles. The lowest BCUT2D eigenvalue weighted by Crippen LogP contribution is -2.55. The molecule has 0 unspecified atom stereocenters. The Morgan fingerprint density at radius 3 is 2.71 bits per heavy atom. The molecule has 2 bridgehead atoms. The molecule has 3 aliphatic carbocycles. The number of Topliss-reactive ketones (excluding diaryl/α,β-unsaturated/α-hetero) is 1. The number of likely N-dealkylation sites (N-methyl/N-ethyl adjacent to an activating group) is 1. The molecule has 5 rings (SSSR count). The lowest BCUT2D eigenvalue weighted by molar-refractivity contribution is -0.130. The Morgan fingerprint density at radius 2 is 1.96 bits per heavy atom. The van der Waals surface area contributed by atoms with E-state index in [2.05, 4.69) is 24.1 Å². The molecule has 130 valence electrons. The molecule has 4 nitrogen and oxygen atoms in total. The van der Waals surface area contributed by atoms with Gasteiger partial charge in [-0.25, -0.2) is 0 Å².